The van der Waals surface area contributed by atoms with Crippen molar-refractivity contribution in [3.63, 3.8) is 0 Å². The molecule has 182 valence electrons. The molecule has 1 fully saturated rings. The van der Waals surface area contributed by atoms with Crippen molar-refractivity contribution < 1.29 is 18.0 Å². The average Bonchev–Trinajstić information content (AvgIpc) is 2.87. The van der Waals surface area contributed by atoms with Crippen LogP contribution in [0.15, 0.2) is 77.7 Å². The van der Waals surface area contributed by atoms with E-state index in [1.54, 1.807) is 42.5 Å². The van der Waals surface area contributed by atoms with Gasteiger partial charge in [0.1, 0.15) is 0 Å². The fraction of sp³-hybridized carbons (Fsp3) is 0.231. The molecule has 0 unspecified atom stereocenters. The number of benzene rings is 3. The van der Waals surface area contributed by atoms with Crippen LogP contribution in [-0.4, -0.2) is 37.8 Å². The minimum atomic E-state index is -3.79. The number of para-hydroxylation sites is 1. The molecule has 8 nitrogen and oxygen atoms in total. The van der Waals surface area contributed by atoms with Gasteiger partial charge in [0.05, 0.1) is 10.5 Å². The number of hydrogen-bond donors (Lipinski definition) is 3. The number of urea groups is 1. The number of amides is 3. The van der Waals surface area contributed by atoms with Crippen molar-refractivity contribution in [1.29, 1.82) is 0 Å². The SMILES string of the molecule is Cc1ccc(NC(=O)Nc2ccccc2)cc1NC(=O)c1ccccc1S(=O)(=O)N1CCCCC1. The largest absolute Gasteiger partial charge is 0.323 e. The minimum absolute atomic E-state index is 0.00595. The van der Waals surface area contributed by atoms with E-state index in [4.69, 9.17) is 0 Å². The summed E-state index contributed by atoms with van der Waals surface area (Å²) in [5, 5.41) is 8.30. The second-order valence-electron chi connectivity index (χ2n) is 8.39. The smallest absolute Gasteiger partial charge is 0.322 e. The molecule has 3 aromatic rings. The van der Waals surface area contributed by atoms with E-state index in [1.165, 1.54) is 16.4 Å². The molecule has 3 amide bonds. The summed E-state index contributed by atoms with van der Waals surface area (Å²) in [5.74, 6) is -0.532. The second kappa shape index (κ2) is 10.7. The summed E-state index contributed by atoms with van der Waals surface area (Å²) in [4.78, 5) is 25.5. The van der Waals surface area contributed by atoms with Crippen molar-refractivity contribution in [1.82, 2.24) is 4.31 Å². The van der Waals surface area contributed by atoms with Crippen molar-refractivity contribution >= 4 is 39.0 Å². The van der Waals surface area contributed by atoms with Crippen molar-refractivity contribution in [3.8, 4) is 0 Å². The number of sulfonamides is 1. The first kappa shape index (κ1) is 24.4. The van der Waals surface area contributed by atoms with Gasteiger partial charge in [0.15, 0.2) is 0 Å². The first-order chi connectivity index (χ1) is 16.8. The molecule has 1 heterocycles. The Morgan fingerprint density at radius 2 is 1.43 bits per heavy atom. The van der Waals surface area contributed by atoms with Crippen LogP contribution in [0.3, 0.4) is 0 Å². The highest BCUT2D eigenvalue weighted by atomic mass is 32.2. The molecule has 1 saturated heterocycles. The van der Waals surface area contributed by atoms with E-state index in [9.17, 15) is 18.0 Å². The molecule has 0 spiro atoms. The Labute approximate surface area is 205 Å². The number of carbonyl (C=O) groups is 2. The van der Waals surface area contributed by atoms with Gasteiger partial charge in [-0.1, -0.05) is 42.8 Å². The lowest BCUT2D eigenvalue weighted by atomic mass is 10.1. The molecule has 4 rings (SSSR count). The Morgan fingerprint density at radius 1 is 0.771 bits per heavy atom. The Bertz CT molecular complexity index is 1320. The number of carbonyl (C=O) groups excluding carboxylic acids is 2. The van der Waals surface area contributed by atoms with Gasteiger partial charge in [-0.15, -0.1) is 0 Å². The van der Waals surface area contributed by atoms with Gasteiger partial charge in [0.2, 0.25) is 10.0 Å². The molecule has 0 radical (unpaired) electrons. The number of aryl methyl sites for hydroxylation is 1. The summed E-state index contributed by atoms with van der Waals surface area (Å²) in [6.45, 7) is 2.73. The van der Waals surface area contributed by atoms with Crippen LogP contribution in [0.4, 0.5) is 21.9 Å². The van der Waals surface area contributed by atoms with E-state index in [0.717, 1.165) is 24.8 Å². The van der Waals surface area contributed by atoms with Gasteiger partial charge in [0, 0.05) is 30.2 Å². The Kier molecular flexibility index (Phi) is 7.48. The maximum atomic E-state index is 13.2. The van der Waals surface area contributed by atoms with Crippen molar-refractivity contribution in [3.05, 3.63) is 83.9 Å². The van der Waals surface area contributed by atoms with Gasteiger partial charge in [-0.25, -0.2) is 13.2 Å². The fourth-order valence-corrected chi connectivity index (χ4v) is 5.67. The summed E-state index contributed by atoms with van der Waals surface area (Å²) in [6, 6.07) is 20.0. The Morgan fingerprint density at radius 3 is 2.17 bits per heavy atom. The zero-order chi connectivity index (χ0) is 24.8. The molecule has 0 atom stereocenters. The monoisotopic (exact) mass is 492 g/mol. The number of nitrogens with zero attached hydrogens (tertiary/aromatic N) is 1. The summed E-state index contributed by atoms with van der Waals surface area (Å²) >= 11 is 0. The zero-order valence-corrected chi connectivity index (χ0v) is 20.3. The highest BCUT2D eigenvalue weighted by molar-refractivity contribution is 7.89. The lowest BCUT2D eigenvalue weighted by molar-refractivity contribution is 0.102. The average molecular weight is 493 g/mol. The van der Waals surface area contributed by atoms with Crippen LogP contribution in [0.5, 0.6) is 0 Å². The summed E-state index contributed by atoms with van der Waals surface area (Å²) < 4.78 is 27.9. The lowest BCUT2D eigenvalue weighted by Crippen LogP contribution is -2.36. The molecule has 3 N–H and O–H groups in total. The summed E-state index contributed by atoms with van der Waals surface area (Å²) in [7, 11) is -3.79. The standard InChI is InChI=1S/C26H28N4O4S/c1-19-14-15-21(28-26(32)27-20-10-4-2-5-11-20)18-23(19)29-25(31)22-12-6-7-13-24(22)35(33,34)30-16-8-3-9-17-30/h2,4-7,10-15,18H,3,8-9,16-17H2,1H3,(H,29,31)(H2,27,28,32). The number of anilines is 3. The van der Waals surface area contributed by atoms with Crippen LogP contribution in [0.25, 0.3) is 0 Å². The molecule has 0 aromatic heterocycles. The van der Waals surface area contributed by atoms with Crippen molar-refractivity contribution in [2.75, 3.05) is 29.0 Å². The molecule has 1 aliphatic heterocycles. The van der Waals surface area contributed by atoms with Crippen molar-refractivity contribution in [2.24, 2.45) is 0 Å². The van der Waals surface area contributed by atoms with E-state index in [1.807, 2.05) is 25.1 Å². The van der Waals surface area contributed by atoms with E-state index in [2.05, 4.69) is 16.0 Å². The van der Waals surface area contributed by atoms with Crippen LogP contribution < -0.4 is 16.0 Å². The highest BCUT2D eigenvalue weighted by Gasteiger charge is 2.29. The predicted octanol–water partition coefficient (Wildman–Crippen LogP) is 5.07. The first-order valence-corrected chi connectivity index (χ1v) is 12.9. The Hall–Kier alpha value is -3.69. The van der Waals surface area contributed by atoms with E-state index in [0.29, 0.717) is 30.2 Å². The maximum absolute atomic E-state index is 13.2. The van der Waals surface area contributed by atoms with Crippen LogP contribution in [-0.2, 0) is 10.0 Å². The van der Waals surface area contributed by atoms with Gasteiger partial charge >= 0.3 is 6.03 Å². The third-order valence-corrected chi connectivity index (χ3v) is 7.80. The van der Waals surface area contributed by atoms with Gasteiger partial charge < -0.3 is 16.0 Å². The summed E-state index contributed by atoms with van der Waals surface area (Å²) in [6.07, 6.45) is 2.62. The van der Waals surface area contributed by atoms with Gasteiger partial charge in [-0.05, 0) is 61.7 Å². The van der Waals surface area contributed by atoms with Crippen LogP contribution in [0.2, 0.25) is 0 Å². The molecule has 3 aromatic carbocycles. The summed E-state index contributed by atoms with van der Waals surface area (Å²) in [5.41, 5.74) is 2.45. The maximum Gasteiger partial charge on any atom is 0.323 e. The molecule has 0 bridgehead atoms. The van der Waals surface area contributed by atoms with Crippen LogP contribution >= 0.6 is 0 Å². The normalized spacial score (nSPS) is 14.2. The molecular formula is C26H28N4O4S. The quantitative estimate of drug-likeness (QED) is 0.447. The molecule has 9 heteroatoms. The number of piperidine rings is 1. The fourth-order valence-electron chi connectivity index (χ4n) is 3.96. The molecule has 35 heavy (non-hydrogen) atoms. The molecular weight excluding hydrogens is 464 g/mol. The third-order valence-electron chi connectivity index (χ3n) is 5.84. The van der Waals surface area contributed by atoms with Gasteiger partial charge in [-0.2, -0.15) is 4.31 Å². The second-order valence-corrected chi connectivity index (χ2v) is 10.3. The minimum Gasteiger partial charge on any atom is -0.322 e. The van der Waals surface area contributed by atoms with E-state index >= 15 is 0 Å². The first-order valence-electron chi connectivity index (χ1n) is 11.5. The highest BCUT2D eigenvalue weighted by Crippen LogP contribution is 2.26. The van der Waals surface area contributed by atoms with E-state index in [-0.39, 0.29) is 10.5 Å². The van der Waals surface area contributed by atoms with Gasteiger partial charge in [-0.3, -0.25) is 4.79 Å². The number of hydrogen-bond acceptors (Lipinski definition) is 4. The molecule has 0 aliphatic carbocycles. The lowest BCUT2D eigenvalue weighted by Gasteiger charge is -2.26. The van der Waals surface area contributed by atoms with Crippen molar-refractivity contribution in [2.45, 2.75) is 31.1 Å². The van der Waals surface area contributed by atoms with Gasteiger partial charge in [0.25, 0.3) is 5.91 Å². The number of rotatable bonds is 6. The molecule has 1 aliphatic rings. The zero-order valence-electron chi connectivity index (χ0n) is 19.5. The predicted molar refractivity (Wildman–Crippen MR) is 137 cm³/mol. The Balaban J connectivity index is 1.52. The topological polar surface area (TPSA) is 108 Å². The molecule has 0 saturated carbocycles. The third kappa shape index (κ3) is 5.87. The number of nitrogens with one attached hydrogen (secondary N) is 3. The van der Waals surface area contributed by atoms with Crippen LogP contribution in [0.1, 0.15) is 35.2 Å². The van der Waals surface area contributed by atoms with E-state index < -0.39 is 22.0 Å². The van der Waals surface area contributed by atoms with Crippen LogP contribution in [0, 0.1) is 6.92 Å².